The maximum Gasteiger partial charge on any atom is 0.335 e. The lowest BCUT2D eigenvalue weighted by atomic mass is 10.1. The number of aromatic amines is 1. The first-order valence-electron chi connectivity index (χ1n) is 7.29. The number of hydrogen-bond acceptors (Lipinski definition) is 4. The molecule has 22 heavy (non-hydrogen) atoms. The van der Waals surface area contributed by atoms with E-state index in [1.54, 1.807) is 24.4 Å². The van der Waals surface area contributed by atoms with Crippen LogP contribution in [0.25, 0.3) is 0 Å². The summed E-state index contributed by atoms with van der Waals surface area (Å²) in [5, 5.41) is 9.06. The standard InChI is InChI=1S/C16H19N3O3/c1-11-8-17-15(18-11)14-10-19(5-6-22-14)9-12-3-2-4-13(7-12)16(20)21/h2-4,7-8,14H,5-6,9-10H2,1H3,(H,17,18)(H,20,21)/t14-/m0/s1. The zero-order valence-corrected chi connectivity index (χ0v) is 12.5. The van der Waals surface area contributed by atoms with Crippen LogP contribution in [0.2, 0.25) is 0 Å². The summed E-state index contributed by atoms with van der Waals surface area (Å²) >= 11 is 0. The number of imidazole rings is 1. The summed E-state index contributed by atoms with van der Waals surface area (Å²) in [6.45, 7) is 4.88. The van der Waals surface area contributed by atoms with Crippen LogP contribution in [0.5, 0.6) is 0 Å². The SMILES string of the molecule is Cc1cnc([C@@H]2CN(Cc3cccc(C(=O)O)c3)CCO2)[nH]1. The minimum Gasteiger partial charge on any atom is -0.478 e. The second kappa shape index (κ2) is 6.29. The monoisotopic (exact) mass is 301 g/mol. The van der Waals surface area contributed by atoms with Crippen LogP contribution >= 0.6 is 0 Å². The van der Waals surface area contributed by atoms with Gasteiger partial charge < -0.3 is 14.8 Å². The molecule has 2 N–H and O–H groups in total. The number of carboxylic acid groups (broad SMARTS) is 1. The molecular weight excluding hydrogens is 282 g/mol. The van der Waals surface area contributed by atoms with E-state index in [1.807, 2.05) is 13.0 Å². The average Bonchev–Trinajstić information content (AvgIpc) is 2.94. The lowest BCUT2D eigenvalue weighted by Crippen LogP contribution is -2.38. The second-order valence-electron chi connectivity index (χ2n) is 5.55. The van der Waals surface area contributed by atoms with Gasteiger partial charge in [-0.3, -0.25) is 4.90 Å². The Kier molecular flexibility index (Phi) is 4.22. The lowest BCUT2D eigenvalue weighted by molar-refractivity contribution is -0.0368. The van der Waals surface area contributed by atoms with Crippen LogP contribution in [-0.4, -0.2) is 45.6 Å². The summed E-state index contributed by atoms with van der Waals surface area (Å²) in [6.07, 6.45) is 1.73. The summed E-state index contributed by atoms with van der Waals surface area (Å²) < 4.78 is 5.78. The third-order valence-electron chi connectivity index (χ3n) is 3.76. The van der Waals surface area contributed by atoms with Gasteiger partial charge in [-0.15, -0.1) is 0 Å². The number of hydrogen-bond donors (Lipinski definition) is 2. The molecule has 2 heterocycles. The Bertz CT molecular complexity index is 668. The number of nitrogens with zero attached hydrogens (tertiary/aromatic N) is 2. The van der Waals surface area contributed by atoms with Crippen molar-refractivity contribution in [2.45, 2.75) is 19.6 Å². The number of morpholine rings is 1. The molecule has 6 heteroatoms. The van der Waals surface area contributed by atoms with E-state index in [0.29, 0.717) is 18.7 Å². The maximum absolute atomic E-state index is 11.0. The number of carbonyl (C=O) groups is 1. The molecule has 0 spiro atoms. The molecule has 3 rings (SSSR count). The van der Waals surface area contributed by atoms with Crippen molar-refractivity contribution in [1.82, 2.24) is 14.9 Å². The minimum absolute atomic E-state index is 0.0647. The van der Waals surface area contributed by atoms with Gasteiger partial charge in [0.25, 0.3) is 0 Å². The van der Waals surface area contributed by atoms with Gasteiger partial charge in [-0.05, 0) is 24.6 Å². The van der Waals surface area contributed by atoms with Crippen molar-refractivity contribution in [2.75, 3.05) is 19.7 Å². The highest BCUT2D eigenvalue weighted by Gasteiger charge is 2.24. The van der Waals surface area contributed by atoms with E-state index in [1.165, 1.54) is 0 Å². The number of aromatic nitrogens is 2. The van der Waals surface area contributed by atoms with Crippen molar-refractivity contribution < 1.29 is 14.6 Å². The fourth-order valence-electron chi connectivity index (χ4n) is 2.67. The van der Waals surface area contributed by atoms with E-state index >= 15 is 0 Å². The first-order chi connectivity index (χ1) is 10.6. The number of benzene rings is 1. The molecule has 1 aliphatic heterocycles. The molecule has 2 aromatic rings. The highest BCUT2D eigenvalue weighted by Crippen LogP contribution is 2.21. The van der Waals surface area contributed by atoms with Gasteiger partial charge in [0.15, 0.2) is 0 Å². The van der Waals surface area contributed by atoms with Crippen LogP contribution in [0, 0.1) is 6.92 Å². The number of aromatic carboxylic acids is 1. The van der Waals surface area contributed by atoms with Crippen LogP contribution < -0.4 is 0 Å². The molecule has 0 bridgehead atoms. The van der Waals surface area contributed by atoms with E-state index in [-0.39, 0.29) is 6.10 Å². The van der Waals surface area contributed by atoms with Gasteiger partial charge in [0, 0.05) is 31.5 Å². The predicted octanol–water partition coefficient (Wildman–Crippen LogP) is 1.99. The number of rotatable bonds is 4. The molecule has 0 radical (unpaired) electrons. The molecule has 1 fully saturated rings. The van der Waals surface area contributed by atoms with Crippen molar-refractivity contribution in [3.63, 3.8) is 0 Å². The first kappa shape index (κ1) is 14.7. The van der Waals surface area contributed by atoms with Crippen LogP contribution in [-0.2, 0) is 11.3 Å². The average molecular weight is 301 g/mol. The largest absolute Gasteiger partial charge is 0.478 e. The van der Waals surface area contributed by atoms with Crippen LogP contribution in [0.15, 0.2) is 30.5 Å². The van der Waals surface area contributed by atoms with Gasteiger partial charge >= 0.3 is 5.97 Å². The smallest absolute Gasteiger partial charge is 0.335 e. The van der Waals surface area contributed by atoms with E-state index < -0.39 is 5.97 Å². The molecular formula is C16H19N3O3. The Labute approximate surface area is 128 Å². The molecule has 1 aromatic carbocycles. The zero-order valence-electron chi connectivity index (χ0n) is 12.5. The van der Waals surface area contributed by atoms with Crippen molar-refractivity contribution >= 4 is 5.97 Å². The molecule has 0 saturated carbocycles. The molecule has 1 saturated heterocycles. The van der Waals surface area contributed by atoms with Crippen LogP contribution in [0.1, 0.15) is 33.5 Å². The molecule has 0 unspecified atom stereocenters. The van der Waals surface area contributed by atoms with E-state index in [2.05, 4.69) is 14.9 Å². The second-order valence-corrected chi connectivity index (χ2v) is 5.55. The fraction of sp³-hybridized carbons (Fsp3) is 0.375. The summed E-state index contributed by atoms with van der Waals surface area (Å²) in [5.41, 5.74) is 2.34. The van der Waals surface area contributed by atoms with E-state index in [0.717, 1.165) is 30.2 Å². The molecule has 0 amide bonds. The Hall–Kier alpha value is -2.18. The third kappa shape index (κ3) is 3.35. The summed E-state index contributed by atoms with van der Waals surface area (Å²) in [5.74, 6) is -0.0470. The third-order valence-corrected chi connectivity index (χ3v) is 3.76. The van der Waals surface area contributed by atoms with Crippen LogP contribution in [0.3, 0.4) is 0 Å². The molecule has 1 aromatic heterocycles. The molecule has 6 nitrogen and oxygen atoms in total. The lowest BCUT2D eigenvalue weighted by Gasteiger charge is -2.32. The molecule has 1 atom stereocenters. The van der Waals surface area contributed by atoms with Crippen molar-refractivity contribution in [1.29, 1.82) is 0 Å². The molecule has 116 valence electrons. The number of aryl methyl sites for hydroxylation is 1. The summed E-state index contributed by atoms with van der Waals surface area (Å²) in [4.78, 5) is 20.8. The van der Waals surface area contributed by atoms with Crippen molar-refractivity contribution in [3.8, 4) is 0 Å². The summed E-state index contributed by atoms with van der Waals surface area (Å²) in [6, 6.07) is 7.07. The fourth-order valence-corrected chi connectivity index (χ4v) is 2.67. The Morgan fingerprint density at radius 1 is 1.55 bits per heavy atom. The van der Waals surface area contributed by atoms with Gasteiger partial charge in [0.1, 0.15) is 11.9 Å². The number of ether oxygens (including phenoxy) is 1. The van der Waals surface area contributed by atoms with Gasteiger partial charge in [-0.1, -0.05) is 12.1 Å². The predicted molar refractivity (Wildman–Crippen MR) is 80.7 cm³/mol. The van der Waals surface area contributed by atoms with Crippen molar-refractivity contribution in [2.24, 2.45) is 0 Å². The zero-order chi connectivity index (χ0) is 15.5. The minimum atomic E-state index is -0.896. The molecule has 1 aliphatic rings. The number of nitrogens with one attached hydrogen (secondary N) is 1. The van der Waals surface area contributed by atoms with Gasteiger partial charge in [0.05, 0.1) is 12.2 Å². The van der Waals surface area contributed by atoms with Gasteiger partial charge in [0.2, 0.25) is 0 Å². The topological polar surface area (TPSA) is 78.5 Å². The highest BCUT2D eigenvalue weighted by molar-refractivity contribution is 5.87. The van der Waals surface area contributed by atoms with Crippen LogP contribution in [0.4, 0.5) is 0 Å². The Morgan fingerprint density at radius 2 is 2.41 bits per heavy atom. The number of carboxylic acids is 1. The highest BCUT2D eigenvalue weighted by atomic mass is 16.5. The normalized spacial score (nSPS) is 19.2. The first-order valence-corrected chi connectivity index (χ1v) is 7.29. The van der Waals surface area contributed by atoms with Gasteiger partial charge in [-0.2, -0.15) is 0 Å². The molecule has 0 aliphatic carbocycles. The Balaban J connectivity index is 1.67. The maximum atomic E-state index is 11.0. The summed E-state index contributed by atoms with van der Waals surface area (Å²) in [7, 11) is 0. The van der Waals surface area contributed by atoms with Gasteiger partial charge in [-0.25, -0.2) is 9.78 Å². The quantitative estimate of drug-likeness (QED) is 0.903. The van der Waals surface area contributed by atoms with E-state index in [4.69, 9.17) is 9.84 Å². The van der Waals surface area contributed by atoms with Crippen molar-refractivity contribution in [3.05, 3.63) is 53.1 Å². The number of H-pyrrole nitrogens is 1. The Morgan fingerprint density at radius 3 is 3.14 bits per heavy atom. The van der Waals surface area contributed by atoms with E-state index in [9.17, 15) is 4.79 Å².